The van der Waals surface area contributed by atoms with E-state index in [-0.39, 0.29) is 6.61 Å². The van der Waals surface area contributed by atoms with Gasteiger partial charge >= 0.3 is 0 Å². The highest BCUT2D eigenvalue weighted by Crippen LogP contribution is 2.28. The molecule has 72 valence electrons. The normalized spacial score (nSPS) is 10.9. The molecule has 0 aliphatic heterocycles. The molecule has 1 aromatic carbocycles. The maximum atomic E-state index is 9.12. The first-order chi connectivity index (χ1) is 6.06. The van der Waals surface area contributed by atoms with Gasteiger partial charge in [0.15, 0.2) is 0 Å². The third-order valence-corrected chi connectivity index (χ3v) is 4.60. The van der Waals surface area contributed by atoms with Crippen LogP contribution < -0.4 is 0 Å². The molecule has 1 nitrogen and oxygen atoms in total. The fourth-order valence-corrected chi connectivity index (χ4v) is 2.12. The van der Waals surface area contributed by atoms with Crippen molar-refractivity contribution in [2.45, 2.75) is 26.4 Å². The summed E-state index contributed by atoms with van der Waals surface area (Å²) < 4.78 is 2.17. The van der Waals surface area contributed by atoms with Gasteiger partial charge in [-0.25, -0.2) is 0 Å². The minimum Gasteiger partial charge on any atom is -0.392 e. The predicted octanol–water partition coefficient (Wildman–Crippen LogP) is 3.67. The summed E-state index contributed by atoms with van der Waals surface area (Å²) in [5.74, 6) is 0.499. The molecule has 0 heterocycles. The lowest BCUT2D eigenvalue weighted by Crippen LogP contribution is -1.95. The van der Waals surface area contributed by atoms with Crippen LogP contribution in [0.15, 0.2) is 16.6 Å². The van der Waals surface area contributed by atoms with E-state index in [4.69, 9.17) is 5.11 Å². The van der Waals surface area contributed by atoms with E-state index >= 15 is 0 Å². The maximum Gasteiger partial charge on any atom is 0.0692 e. The summed E-state index contributed by atoms with van der Waals surface area (Å²) in [7, 11) is 0. The molecule has 0 saturated heterocycles. The average Bonchev–Trinajstić information content (AvgIpc) is 2.09. The highest BCUT2D eigenvalue weighted by molar-refractivity contribution is 14.1. The van der Waals surface area contributed by atoms with Gasteiger partial charge in [0, 0.05) is 8.04 Å². The van der Waals surface area contributed by atoms with Crippen molar-refractivity contribution in [1.29, 1.82) is 0 Å². The predicted molar refractivity (Wildman–Crippen MR) is 66.9 cm³/mol. The zero-order chi connectivity index (χ0) is 10.0. The minimum atomic E-state index is 0.109. The van der Waals surface area contributed by atoms with Crippen LogP contribution in [0, 0.1) is 3.57 Å². The first-order valence-corrected chi connectivity index (χ1v) is 6.02. The van der Waals surface area contributed by atoms with Crippen molar-refractivity contribution >= 4 is 38.5 Å². The van der Waals surface area contributed by atoms with Crippen molar-refractivity contribution in [1.82, 2.24) is 0 Å². The van der Waals surface area contributed by atoms with Crippen LogP contribution in [0.1, 0.15) is 30.9 Å². The van der Waals surface area contributed by atoms with Gasteiger partial charge < -0.3 is 5.11 Å². The third kappa shape index (κ3) is 2.67. The van der Waals surface area contributed by atoms with Gasteiger partial charge in [0.05, 0.1) is 6.61 Å². The third-order valence-electron chi connectivity index (χ3n) is 1.96. The number of aliphatic hydroxyl groups is 1. The van der Waals surface area contributed by atoms with Gasteiger partial charge in [-0.05, 0) is 61.6 Å². The second-order valence-electron chi connectivity index (χ2n) is 3.29. The van der Waals surface area contributed by atoms with Gasteiger partial charge in [0.2, 0.25) is 0 Å². The minimum absolute atomic E-state index is 0.109. The SMILES string of the molecule is CC(C)c1cc(Br)c(I)c(CO)c1. The topological polar surface area (TPSA) is 20.2 Å². The summed E-state index contributed by atoms with van der Waals surface area (Å²) in [5.41, 5.74) is 2.26. The molecule has 1 N–H and O–H groups in total. The smallest absolute Gasteiger partial charge is 0.0692 e. The van der Waals surface area contributed by atoms with Crippen molar-refractivity contribution in [3.05, 3.63) is 31.3 Å². The van der Waals surface area contributed by atoms with E-state index in [1.54, 1.807) is 0 Å². The largest absolute Gasteiger partial charge is 0.392 e. The Bertz CT molecular complexity index is 310. The Kier molecular flexibility index (Phi) is 4.19. The van der Waals surface area contributed by atoms with Crippen molar-refractivity contribution in [2.24, 2.45) is 0 Å². The highest BCUT2D eigenvalue weighted by atomic mass is 127. The molecule has 0 bridgehead atoms. The van der Waals surface area contributed by atoms with E-state index in [0.717, 1.165) is 13.6 Å². The Morgan fingerprint density at radius 3 is 2.54 bits per heavy atom. The molecule has 0 amide bonds. The first-order valence-electron chi connectivity index (χ1n) is 4.15. The molecular formula is C10H12BrIO. The Labute approximate surface area is 101 Å². The molecule has 0 spiro atoms. The van der Waals surface area contributed by atoms with Crippen molar-refractivity contribution in [3.63, 3.8) is 0 Å². The van der Waals surface area contributed by atoms with E-state index < -0.39 is 0 Å². The summed E-state index contributed by atoms with van der Waals surface area (Å²) in [6.07, 6.45) is 0. The second-order valence-corrected chi connectivity index (χ2v) is 5.22. The number of rotatable bonds is 2. The summed E-state index contributed by atoms with van der Waals surface area (Å²) in [4.78, 5) is 0. The van der Waals surface area contributed by atoms with E-state index in [2.05, 4.69) is 64.5 Å². The summed E-state index contributed by atoms with van der Waals surface area (Å²) in [6.45, 7) is 4.41. The standard InChI is InChI=1S/C10H12BrIO/c1-6(2)7-3-8(5-13)10(12)9(11)4-7/h3-4,6,13H,5H2,1-2H3. The van der Waals surface area contributed by atoms with E-state index in [1.807, 2.05) is 0 Å². The van der Waals surface area contributed by atoms with Crippen molar-refractivity contribution < 1.29 is 5.11 Å². The molecule has 1 aromatic rings. The van der Waals surface area contributed by atoms with Crippen molar-refractivity contribution in [2.75, 3.05) is 0 Å². The zero-order valence-corrected chi connectivity index (χ0v) is 11.4. The molecule has 13 heavy (non-hydrogen) atoms. The van der Waals surface area contributed by atoms with E-state index in [0.29, 0.717) is 5.92 Å². The van der Waals surface area contributed by atoms with Gasteiger partial charge in [-0.3, -0.25) is 0 Å². The van der Waals surface area contributed by atoms with Crippen molar-refractivity contribution in [3.8, 4) is 0 Å². The quantitative estimate of drug-likeness (QED) is 0.803. The van der Waals surface area contributed by atoms with Crippen LogP contribution in [0.2, 0.25) is 0 Å². The Hall–Kier alpha value is 0.390. The monoisotopic (exact) mass is 354 g/mol. The van der Waals surface area contributed by atoms with Gasteiger partial charge in [0.25, 0.3) is 0 Å². The fraction of sp³-hybridized carbons (Fsp3) is 0.400. The van der Waals surface area contributed by atoms with Crippen LogP contribution >= 0.6 is 38.5 Å². The Morgan fingerprint density at radius 1 is 1.46 bits per heavy atom. The molecule has 3 heteroatoms. The number of aliphatic hydroxyl groups excluding tert-OH is 1. The van der Waals surface area contributed by atoms with E-state index in [1.165, 1.54) is 5.56 Å². The molecule has 0 atom stereocenters. The van der Waals surface area contributed by atoms with Crippen LogP contribution in [-0.2, 0) is 6.61 Å². The Balaban J connectivity index is 3.22. The molecule has 0 aromatic heterocycles. The molecule has 0 unspecified atom stereocenters. The zero-order valence-electron chi connectivity index (χ0n) is 7.64. The second kappa shape index (κ2) is 4.75. The van der Waals surface area contributed by atoms with Crippen LogP contribution in [-0.4, -0.2) is 5.11 Å². The first kappa shape index (κ1) is 11.5. The molecule has 0 fully saturated rings. The Morgan fingerprint density at radius 2 is 2.08 bits per heavy atom. The van der Waals surface area contributed by atoms with Gasteiger partial charge in [0.1, 0.15) is 0 Å². The number of hydrogen-bond donors (Lipinski definition) is 1. The molecule has 0 aliphatic carbocycles. The summed E-state index contributed by atoms with van der Waals surface area (Å²) >= 11 is 5.73. The summed E-state index contributed by atoms with van der Waals surface area (Å²) in [6, 6.07) is 4.18. The van der Waals surface area contributed by atoms with Gasteiger partial charge in [-0.1, -0.05) is 19.9 Å². The average molecular weight is 355 g/mol. The summed E-state index contributed by atoms with van der Waals surface area (Å²) in [5, 5.41) is 9.12. The van der Waals surface area contributed by atoms with E-state index in [9.17, 15) is 0 Å². The molecule has 0 aliphatic rings. The van der Waals surface area contributed by atoms with Gasteiger partial charge in [-0.15, -0.1) is 0 Å². The maximum absolute atomic E-state index is 9.12. The molecule has 0 saturated carbocycles. The van der Waals surface area contributed by atoms with Crippen LogP contribution in [0.25, 0.3) is 0 Å². The highest BCUT2D eigenvalue weighted by Gasteiger charge is 2.07. The lowest BCUT2D eigenvalue weighted by Gasteiger charge is -2.10. The number of hydrogen-bond acceptors (Lipinski definition) is 1. The van der Waals surface area contributed by atoms with Crippen LogP contribution in [0.4, 0.5) is 0 Å². The van der Waals surface area contributed by atoms with Crippen LogP contribution in [0.5, 0.6) is 0 Å². The van der Waals surface area contributed by atoms with Crippen LogP contribution in [0.3, 0.4) is 0 Å². The lowest BCUT2D eigenvalue weighted by atomic mass is 10.0. The number of halogens is 2. The number of benzene rings is 1. The lowest BCUT2D eigenvalue weighted by molar-refractivity contribution is 0.280. The van der Waals surface area contributed by atoms with Gasteiger partial charge in [-0.2, -0.15) is 0 Å². The molecule has 0 radical (unpaired) electrons. The fourth-order valence-electron chi connectivity index (χ4n) is 1.12. The molecule has 1 rings (SSSR count). The molecular weight excluding hydrogens is 343 g/mol.